The van der Waals surface area contributed by atoms with Crippen LogP contribution in [0, 0.1) is 10.1 Å². The summed E-state index contributed by atoms with van der Waals surface area (Å²) in [6.45, 7) is 4.89. The van der Waals surface area contributed by atoms with Crippen molar-refractivity contribution >= 4 is 11.6 Å². The number of hydrogen-bond donors (Lipinski definition) is 1. The van der Waals surface area contributed by atoms with Crippen molar-refractivity contribution in [2.45, 2.75) is 45.2 Å². The zero-order valence-corrected chi connectivity index (χ0v) is 12.5. The van der Waals surface area contributed by atoms with Gasteiger partial charge >= 0.3 is 0 Å². The molecule has 7 nitrogen and oxygen atoms in total. The number of amides is 1. The molecule has 1 aromatic rings. The van der Waals surface area contributed by atoms with Crippen molar-refractivity contribution < 1.29 is 9.72 Å². The maximum Gasteiger partial charge on any atom is 0.287 e. The molecule has 1 atom stereocenters. The van der Waals surface area contributed by atoms with Crippen LogP contribution in [0.25, 0.3) is 0 Å². The van der Waals surface area contributed by atoms with E-state index in [9.17, 15) is 14.9 Å². The van der Waals surface area contributed by atoms with Gasteiger partial charge in [-0.15, -0.1) is 0 Å². The molecule has 1 unspecified atom stereocenters. The summed E-state index contributed by atoms with van der Waals surface area (Å²) in [5.74, 6) is -0.160. The van der Waals surface area contributed by atoms with E-state index < -0.39 is 4.92 Å². The number of hydrogen-bond acceptors (Lipinski definition) is 4. The first-order valence-electron chi connectivity index (χ1n) is 7.33. The fourth-order valence-electron chi connectivity index (χ4n) is 2.82. The van der Waals surface area contributed by atoms with E-state index in [1.165, 1.54) is 12.3 Å². The summed E-state index contributed by atoms with van der Waals surface area (Å²) >= 11 is 0. The molecule has 0 radical (unpaired) electrons. The molecule has 2 N–H and O–H groups in total. The minimum absolute atomic E-state index is 0.0150. The maximum atomic E-state index is 12.8. The number of nitrogens with zero attached hydrogens (tertiary/aromatic N) is 3. The van der Waals surface area contributed by atoms with Gasteiger partial charge in [-0.3, -0.25) is 14.9 Å². The Hall–Kier alpha value is -1.89. The summed E-state index contributed by atoms with van der Waals surface area (Å²) < 4.78 is 1.67. The molecule has 7 heteroatoms. The van der Waals surface area contributed by atoms with Crippen molar-refractivity contribution in [3.8, 4) is 0 Å². The Morgan fingerprint density at radius 2 is 2.24 bits per heavy atom. The largest absolute Gasteiger partial charge is 0.335 e. The van der Waals surface area contributed by atoms with Crippen LogP contribution in [0.4, 0.5) is 5.69 Å². The summed E-state index contributed by atoms with van der Waals surface area (Å²) in [6.07, 6.45) is 4.34. The van der Waals surface area contributed by atoms with Crippen LogP contribution < -0.4 is 5.73 Å². The molecule has 1 aromatic heterocycles. The molecular formula is C14H22N4O3. The van der Waals surface area contributed by atoms with Crippen molar-refractivity contribution in [2.75, 3.05) is 13.1 Å². The standard InChI is InChI=1S/C14H22N4O3/c1-10(2)17-9-12(18(20)21)7-13(17)14(19)16-6-4-3-5-11(16)8-15/h7,9-11H,3-6,8,15H2,1-2H3. The lowest BCUT2D eigenvalue weighted by molar-refractivity contribution is -0.384. The Morgan fingerprint density at radius 3 is 2.81 bits per heavy atom. The van der Waals surface area contributed by atoms with E-state index in [1.54, 1.807) is 9.47 Å². The third kappa shape index (κ3) is 3.07. The lowest BCUT2D eigenvalue weighted by Gasteiger charge is -2.35. The second-order valence-electron chi connectivity index (χ2n) is 5.73. The van der Waals surface area contributed by atoms with Crippen LogP contribution in [0.15, 0.2) is 12.3 Å². The highest BCUT2D eigenvalue weighted by atomic mass is 16.6. The highest BCUT2D eigenvalue weighted by molar-refractivity contribution is 5.94. The second kappa shape index (κ2) is 6.26. The van der Waals surface area contributed by atoms with Crippen LogP contribution in [0.3, 0.4) is 0 Å². The zero-order valence-electron chi connectivity index (χ0n) is 12.5. The fourth-order valence-corrected chi connectivity index (χ4v) is 2.82. The maximum absolute atomic E-state index is 12.8. The average molecular weight is 294 g/mol. The topological polar surface area (TPSA) is 94.4 Å². The first-order valence-corrected chi connectivity index (χ1v) is 7.33. The first kappa shape index (κ1) is 15.5. The van der Waals surface area contributed by atoms with Gasteiger partial charge in [0.05, 0.1) is 11.1 Å². The van der Waals surface area contributed by atoms with Crippen LogP contribution in [0.1, 0.15) is 49.6 Å². The van der Waals surface area contributed by atoms with Gasteiger partial charge < -0.3 is 15.2 Å². The lowest BCUT2D eigenvalue weighted by Crippen LogP contribution is -2.47. The van der Waals surface area contributed by atoms with E-state index in [2.05, 4.69) is 0 Å². The molecule has 2 rings (SSSR count). The van der Waals surface area contributed by atoms with E-state index in [0.717, 1.165) is 19.3 Å². The van der Waals surface area contributed by atoms with Crippen LogP contribution in [0.5, 0.6) is 0 Å². The van der Waals surface area contributed by atoms with Gasteiger partial charge in [0.15, 0.2) is 0 Å². The van der Waals surface area contributed by atoms with E-state index in [4.69, 9.17) is 5.73 Å². The predicted octanol–water partition coefficient (Wildman–Crippen LogP) is 1.93. The number of nitro groups is 1. The first-order chi connectivity index (χ1) is 9.95. The van der Waals surface area contributed by atoms with E-state index in [1.807, 2.05) is 13.8 Å². The molecule has 1 saturated heterocycles. The van der Waals surface area contributed by atoms with Crippen LogP contribution >= 0.6 is 0 Å². The third-order valence-electron chi connectivity index (χ3n) is 3.98. The van der Waals surface area contributed by atoms with Crippen LogP contribution in [0.2, 0.25) is 0 Å². The summed E-state index contributed by atoms with van der Waals surface area (Å²) in [6, 6.07) is 1.38. The molecule has 21 heavy (non-hydrogen) atoms. The number of carbonyl (C=O) groups is 1. The SMILES string of the molecule is CC(C)n1cc([N+](=O)[O-])cc1C(=O)N1CCCCC1CN. The number of nitrogens with two attached hydrogens (primary N) is 1. The summed E-state index contributed by atoms with van der Waals surface area (Å²) in [5.41, 5.74) is 6.08. The second-order valence-corrected chi connectivity index (χ2v) is 5.73. The smallest absolute Gasteiger partial charge is 0.287 e. The zero-order chi connectivity index (χ0) is 15.6. The minimum atomic E-state index is -0.466. The van der Waals surface area contributed by atoms with Crippen molar-refractivity contribution in [1.29, 1.82) is 0 Å². The number of rotatable bonds is 4. The predicted molar refractivity (Wildman–Crippen MR) is 79.2 cm³/mol. The minimum Gasteiger partial charge on any atom is -0.335 e. The Kier molecular flexibility index (Phi) is 4.62. The summed E-state index contributed by atoms with van der Waals surface area (Å²) in [4.78, 5) is 25.0. The molecule has 2 heterocycles. The lowest BCUT2D eigenvalue weighted by atomic mass is 10.0. The van der Waals surface area contributed by atoms with Gasteiger partial charge in [-0.1, -0.05) is 0 Å². The van der Waals surface area contributed by atoms with Crippen molar-refractivity contribution in [3.63, 3.8) is 0 Å². The van der Waals surface area contributed by atoms with Gasteiger partial charge in [0.1, 0.15) is 5.69 Å². The van der Waals surface area contributed by atoms with Crippen LogP contribution in [-0.2, 0) is 0 Å². The Morgan fingerprint density at radius 1 is 1.52 bits per heavy atom. The molecule has 1 aliphatic rings. The van der Waals surface area contributed by atoms with E-state index in [0.29, 0.717) is 18.8 Å². The number of piperidine rings is 1. The molecule has 1 amide bonds. The molecule has 1 aliphatic heterocycles. The van der Waals surface area contributed by atoms with E-state index in [-0.39, 0.29) is 23.7 Å². The number of carbonyl (C=O) groups excluding carboxylic acids is 1. The highest BCUT2D eigenvalue weighted by Gasteiger charge is 2.30. The number of aromatic nitrogens is 1. The molecular weight excluding hydrogens is 272 g/mol. The monoisotopic (exact) mass is 294 g/mol. The fraction of sp³-hybridized carbons (Fsp3) is 0.643. The van der Waals surface area contributed by atoms with Crippen LogP contribution in [-0.4, -0.2) is 39.4 Å². The van der Waals surface area contributed by atoms with Crippen molar-refractivity contribution in [3.05, 3.63) is 28.1 Å². The molecule has 0 saturated carbocycles. The van der Waals surface area contributed by atoms with Crippen molar-refractivity contribution in [1.82, 2.24) is 9.47 Å². The van der Waals surface area contributed by atoms with Gasteiger partial charge in [0, 0.05) is 31.2 Å². The molecule has 0 aliphatic carbocycles. The van der Waals surface area contributed by atoms with Gasteiger partial charge in [0.25, 0.3) is 11.6 Å². The highest BCUT2D eigenvalue weighted by Crippen LogP contribution is 2.25. The quantitative estimate of drug-likeness (QED) is 0.678. The normalized spacial score (nSPS) is 19.0. The average Bonchev–Trinajstić information content (AvgIpc) is 2.92. The van der Waals surface area contributed by atoms with Gasteiger partial charge in [-0.05, 0) is 33.1 Å². The molecule has 0 spiro atoms. The molecule has 116 valence electrons. The van der Waals surface area contributed by atoms with E-state index >= 15 is 0 Å². The molecule has 0 aromatic carbocycles. The summed E-state index contributed by atoms with van der Waals surface area (Å²) in [5, 5.41) is 11.0. The van der Waals surface area contributed by atoms with Crippen molar-refractivity contribution in [2.24, 2.45) is 5.73 Å². The van der Waals surface area contributed by atoms with Gasteiger partial charge in [0.2, 0.25) is 0 Å². The van der Waals surface area contributed by atoms with Gasteiger partial charge in [-0.2, -0.15) is 0 Å². The Bertz CT molecular complexity index is 538. The molecule has 0 bridgehead atoms. The number of likely N-dealkylation sites (tertiary alicyclic amines) is 1. The third-order valence-corrected chi connectivity index (χ3v) is 3.98. The Labute approximate surface area is 123 Å². The molecule has 1 fully saturated rings. The van der Waals surface area contributed by atoms with Gasteiger partial charge in [-0.25, -0.2) is 0 Å². The Balaban J connectivity index is 2.35. The summed E-state index contributed by atoms with van der Waals surface area (Å²) in [7, 11) is 0.